The second-order valence-corrected chi connectivity index (χ2v) is 6.90. The second kappa shape index (κ2) is 5.87. The molecule has 0 radical (unpaired) electrons. The highest BCUT2D eigenvalue weighted by Gasteiger charge is 2.46. The zero-order valence-corrected chi connectivity index (χ0v) is 12.6. The van der Waals surface area contributed by atoms with Crippen molar-refractivity contribution in [3.8, 4) is 0 Å². The third-order valence-corrected chi connectivity index (χ3v) is 5.39. The van der Waals surface area contributed by atoms with Crippen LogP contribution < -0.4 is 16.0 Å². The highest BCUT2D eigenvalue weighted by atomic mass is 16.4. The highest BCUT2D eigenvalue weighted by molar-refractivity contribution is 5.88. The van der Waals surface area contributed by atoms with E-state index in [1.54, 1.807) is 0 Å². The lowest BCUT2D eigenvalue weighted by Crippen LogP contribution is -2.49. The zero-order chi connectivity index (χ0) is 15.7. The van der Waals surface area contributed by atoms with Crippen LogP contribution in [-0.4, -0.2) is 48.1 Å². The number of carbonyl (C=O) groups excluding carboxylic acids is 2. The molecule has 2 aliphatic heterocycles. The Labute approximate surface area is 129 Å². The van der Waals surface area contributed by atoms with Crippen LogP contribution in [0.5, 0.6) is 0 Å². The van der Waals surface area contributed by atoms with Gasteiger partial charge < -0.3 is 21.1 Å². The number of amides is 2. The molecular formula is C15H23N3O4. The minimum absolute atomic E-state index is 0.118. The summed E-state index contributed by atoms with van der Waals surface area (Å²) in [5.41, 5.74) is 0.256. The van der Waals surface area contributed by atoms with E-state index in [4.69, 9.17) is 0 Å². The van der Waals surface area contributed by atoms with Gasteiger partial charge in [0.25, 0.3) is 0 Å². The fraction of sp³-hybridized carbons (Fsp3) is 0.800. The number of carboxylic acid groups (broad SMARTS) is 1. The van der Waals surface area contributed by atoms with E-state index in [1.807, 2.05) is 0 Å². The Hall–Kier alpha value is -1.63. The maximum absolute atomic E-state index is 12.3. The van der Waals surface area contributed by atoms with Gasteiger partial charge in [-0.2, -0.15) is 0 Å². The van der Waals surface area contributed by atoms with Gasteiger partial charge in [0, 0.05) is 19.0 Å². The van der Waals surface area contributed by atoms with Crippen LogP contribution in [0.15, 0.2) is 0 Å². The first-order valence-electron chi connectivity index (χ1n) is 8.03. The van der Waals surface area contributed by atoms with Crippen LogP contribution in [0.3, 0.4) is 0 Å². The van der Waals surface area contributed by atoms with Crippen LogP contribution in [0.4, 0.5) is 0 Å². The highest BCUT2D eigenvalue weighted by Crippen LogP contribution is 2.47. The fourth-order valence-corrected chi connectivity index (χ4v) is 3.81. The van der Waals surface area contributed by atoms with E-state index in [9.17, 15) is 19.5 Å². The molecule has 1 unspecified atom stereocenters. The minimum Gasteiger partial charge on any atom is -0.480 e. The molecule has 3 rings (SSSR count). The van der Waals surface area contributed by atoms with Gasteiger partial charge in [-0.3, -0.25) is 9.59 Å². The number of rotatable bonds is 5. The maximum Gasteiger partial charge on any atom is 0.326 e. The molecule has 7 nitrogen and oxygen atoms in total. The van der Waals surface area contributed by atoms with Crippen molar-refractivity contribution < 1.29 is 19.5 Å². The molecule has 22 heavy (non-hydrogen) atoms. The van der Waals surface area contributed by atoms with Crippen LogP contribution >= 0.6 is 0 Å². The molecule has 0 aromatic rings. The molecule has 0 aromatic heterocycles. The molecule has 3 atom stereocenters. The number of nitrogens with one attached hydrogen (secondary N) is 3. The molecule has 2 heterocycles. The molecular weight excluding hydrogens is 286 g/mol. The van der Waals surface area contributed by atoms with Gasteiger partial charge in [0.2, 0.25) is 11.8 Å². The van der Waals surface area contributed by atoms with Crippen molar-refractivity contribution in [1.29, 1.82) is 0 Å². The Kier molecular flexibility index (Phi) is 4.08. The van der Waals surface area contributed by atoms with E-state index < -0.39 is 12.0 Å². The minimum atomic E-state index is -1.08. The van der Waals surface area contributed by atoms with Gasteiger partial charge in [-0.15, -0.1) is 0 Å². The van der Waals surface area contributed by atoms with E-state index in [2.05, 4.69) is 16.0 Å². The molecule has 7 heteroatoms. The summed E-state index contributed by atoms with van der Waals surface area (Å²) in [6.45, 7) is 1.42. The van der Waals surface area contributed by atoms with Crippen molar-refractivity contribution in [2.75, 3.05) is 13.1 Å². The Morgan fingerprint density at radius 1 is 1.41 bits per heavy atom. The van der Waals surface area contributed by atoms with Crippen molar-refractivity contribution >= 4 is 17.8 Å². The molecule has 2 amide bonds. The van der Waals surface area contributed by atoms with Crippen molar-refractivity contribution in [1.82, 2.24) is 16.0 Å². The zero-order valence-electron chi connectivity index (χ0n) is 12.6. The molecule has 2 saturated heterocycles. The van der Waals surface area contributed by atoms with Crippen LogP contribution in [-0.2, 0) is 14.4 Å². The Balaban J connectivity index is 1.55. The van der Waals surface area contributed by atoms with E-state index in [0.29, 0.717) is 13.0 Å². The molecule has 3 aliphatic rings. The lowest BCUT2D eigenvalue weighted by Gasteiger charge is -2.37. The number of carboxylic acids is 1. The lowest BCUT2D eigenvalue weighted by molar-refractivity contribution is -0.142. The quantitative estimate of drug-likeness (QED) is 0.553. The molecule has 122 valence electrons. The first kappa shape index (κ1) is 15.3. The fourth-order valence-electron chi connectivity index (χ4n) is 3.81. The lowest BCUT2D eigenvalue weighted by atomic mass is 9.67. The maximum atomic E-state index is 12.3. The van der Waals surface area contributed by atoms with Gasteiger partial charge in [0.05, 0.1) is 6.04 Å². The van der Waals surface area contributed by atoms with Gasteiger partial charge in [-0.05, 0) is 37.5 Å². The van der Waals surface area contributed by atoms with Gasteiger partial charge in [0.15, 0.2) is 0 Å². The molecule has 1 saturated carbocycles. The van der Waals surface area contributed by atoms with Gasteiger partial charge >= 0.3 is 5.97 Å². The molecule has 3 fully saturated rings. The predicted molar refractivity (Wildman–Crippen MR) is 78.0 cm³/mol. The summed E-state index contributed by atoms with van der Waals surface area (Å²) in [4.78, 5) is 35.3. The van der Waals surface area contributed by atoms with E-state index in [0.717, 1.165) is 25.8 Å². The summed E-state index contributed by atoms with van der Waals surface area (Å²) in [5, 5.41) is 17.8. The molecule has 4 N–H and O–H groups in total. The van der Waals surface area contributed by atoms with E-state index in [-0.39, 0.29) is 35.6 Å². The first-order chi connectivity index (χ1) is 10.5. The summed E-state index contributed by atoms with van der Waals surface area (Å²) < 4.78 is 0. The standard InChI is InChI=1S/C15H23N3O4/c19-12-9(2-5-16-12)6-10(14(21)22)18-13(20)11-7-15(8-17-11)3-1-4-15/h9-11,17H,1-8H2,(H,16,19)(H,18,20)(H,21,22)/t9-,10?,11-/m0/s1. The monoisotopic (exact) mass is 309 g/mol. The van der Waals surface area contributed by atoms with E-state index in [1.165, 1.54) is 6.42 Å². The third kappa shape index (κ3) is 2.95. The van der Waals surface area contributed by atoms with Crippen LogP contribution in [0.2, 0.25) is 0 Å². The summed E-state index contributed by atoms with van der Waals surface area (Å²) in [6.07, 6.45) is 5.08. The van der Waals surface area contributed by atoms with Gasteiger partial charge in [0.1, 0.15) is 6.04 Å². The summed E-state index contributed by atoms with van der Waals surface area (Å²) in [6, 6.07) is -1.30. The van der Waals surface area contributed by atoms with E-state index >= 15 is 0 Å². The average Bonchev–Trinajstić information content (AvgIpc) is 3.04. The number of hydrogen-bond donors (Lipinski definition) is 4. The van der Waals surface area contributed by atoms with Crippen molar-refractivity contribution in [2.45, 2.75) is 50.6 Å². The van der Waals surface area contributed by atoms with Gasteiger partial charge in [-0.1, -0.05) is 6.42 Å². The van der Waals surface area contributed by atoms with Crippen LogP contribution in [0, 0.1) is 11.3 Å². The largest absolute Gasteiger partial charge is 0.480 e. The number of aliphatic carboxylic acids is 1. The summed E-state index contributed by atoms with van der Waals surface area (Å²) in [5.74, 6) is -1.78. The third-order valence-electron chi connectivity index (χ3n) is 5.39. The molecule has 0 aromatic carbocycles. The van der Waals surface area contributed by atoms with Crippen molar-refractivity contribution in [3.05, 3.63) is 0 Å². The van der Waals surface area contributed by atoms with Crippen molar-refractivity contribution in [2.24, 2.45) is 11.3 Å². The number of hydrogen-bond acceptors (Lipinski definition) is 4. The SMILES string of the molecule is O=C(O)C(C[C@@H]1CCNC1=O)NC(=O)[C@@H]1CC2(CCC2)CN1. The molecule has 1 aliphatic carbocycles. The smallest absolute Gasteiger partial charge is 0.326 e. The first-order valence-corrected chi connectivity index (χ1v) is 8.03. The van der Waals surface area contributed by atoms with Crippen molar-refractivity contribution in [3.63, 3.8) is 0 Å². The second-order valence-electron chi connectivity index (χ2n) is 6.90. The number of carbonyl (C=O) groups is 3. The molecule has 0 bridgehead atoms. The van der Waals surface area contributed by atoms with Crippen LogP contribution in [0.25, 0.3) is 0 Å². The predicted octanol–water partition coefficient (Wildman–Crippen LogP) is -0.386. The average molecular weight is 309 g/mol. The Morgan fingerprint density at radius 3 is 2.68 bits per heavy atom. The molecule has 1 spiro atoms. The van der Waals surface area contributed by atoms with Crippen LogP contribution in [0.1, 0.15) is 38.5 Å². The Bertz CT molecular complexity index is 489. The topological polar surface area (TPSA) is 108 Å². The summed E-state index contributed by atoms with van der Waals surface area (Å²) in [7, 11) is 0. The normalized spacial score (nSPS) is 30.6. The Morgan fingerprint density at radius 2 is 2.18 bits per heavy atom. The van der Waals surface area contributed by atoms with Gasteiger partial charge in [-0.25, -0.2) is 4.79 Å². The summed E-state index contributed by atoms with van der Waals surface area (Å²) >= 11 is 0.